The van der Waals surface area contributed by atoms with E-state index in [1.165, 1.54) is 5.56 Å². The van der Waals surface area contributed by atoms with Gasteiger partial charge >= 0.3 is 0 Å². The third kappa shape index (κ3) is 3.14. The molecule has 0 fully saturated rings. The van der Waals surface area contributed by atoms with Crippen LogP contribution in [0.3, 0.4) is 0 Å². The Morgan fingerprint density at radius 3 is 2.53 bits per heavy atom. The van der Waals surface area contributed by atoms with Gasteiger partial charge in [0.15, 0.2) is 0 Å². The minimum atomic E-state index is -0.294. The fourth-order valence-electron chi connectivity index (χ4n) is 4.42. The van der Waals surface area contributed by atoms with Crippen LogP contribution in [-0.4, -0.2) is 14.8 Å². The van der Waals surface area contributed by atoms with E-state index < -0.39 is 0 Å². The van der Waals surface area contributed by atoms with Crippen LogP contribution in [0.15, 0.2) is 83.1 Å². The highest BCUT2D eigenvalue weighted by Gasteiger charge is 2.40. The van der Waals surface area contributed by atoms with E-state index in [9.17, 15) is 0 Å². The van der Waals surface area contributed by atoms with Crippen LogP contribution >= 0.6 is 27.5 Å². The molecule has 0 aliphatic carbocycles. The molecule has 0 amide bonds. The highest BCUT2D eigenvalue weighted by molar-refractivity contribution is 9.10. The summed E-state index contributed by atoms with van der Waals surface area (Å²) in [6.07, 6.45) is 1.28. The van der Waals surface area contributed by atoms with E-state index in [1.54, 1.807) is 6.33 Å². The number of nitrogens with one attached hydrogen (secondary N) is 1. The predicted octanol–water partition coefficient (Wildman–Crippen LogP) is 6.56. The van der Waals surface area contributed by atoms with Crippen LogP contribution in [0.25, 0.3) is 5.70 Å². The number of rotatable bonds is 2. The lowest BCUT2D eigenvalue weighted by molar-refractivity contribution is 0.223. The summed E-state index contributed by atoms with van der Waals surface area (Å²) in [5.74, 6) is 1.47. The molecule has 2 aliphatic rings. The first-order valence-corrected chi connectivity index (χ1v) is 11.4. The Morgan fingerprint density at radius 1 is 1.00 bits per heavy atom. The van der Waals surface area contributed by atoms with Gasteiger partial charge in [-0.1, -0.05) is 69.5 Å². The fraction of sp³-hybridized carbons (Fsp3) is 0.120. The summed E-state index contributed by atoms with van der Waals surface area (Å²) < 4.78 is 9.56. The molecule has 0 radical (unpaired) electrons. The van der Waals surface area contributed by atoms with Crippen LogP contribution in [-0.2, 0) is 0 Å². The molecular weight excluding hydrogens is 488 g/mol. The molecule has 32 heavy (non-hydrogen) atoms. The zero-order valence-corrected chi connectivity index (χ0v) is 19.4. The van der Waals surface area contributed by atoms with Crippen molar-refractivity contribution in [2.45, 2.75) is 19.1 Å². The van der Waals surface area contributed by atoms with Crippen molar-refractivity contribution in [1.82, 2.24) is 14.8 Å². The molecule has 0 saturated carbocycles. The van der Waals surface area contributed by atoms with Gasteiger partial charge in [0.1, 0.15) is 24.2 Å². The maximum Gasteiger partial charge on any atom is 0.226 e. The number of hydrogen-bond acceptors (Lipinski definition) is 4. The van der Waals surface area contributed by atoms with Gasteiger partial charge in [-0.2, -0.15) is 10.1 Å². The standard InChI is InChI=1S/C25H18BrClN4O/c1-14-2-4-16(5-3-14)24-21-22(19-12-18(27)10-11-20(19)32-24)30-25-28-13-29-31(25)23(21)15-6-8-17(26)9-7-15/h2-13,23-24H,1H3,(H,28,29,30)/t23-,24-/m1/s1. The number of ether oxygens (including phenoxy) is 1. The molecule has 2 aliphatic heterocycles. The number of hydrogen-bond donors (Lipinski definition) is 1. The second-order valence-electron chi connectivity index (χ2n) is 7.99. The predicted molar refractivity (Wildman–Crippen MR) is 129 cm³/mol. The summed E-state index contributed by atoms with van der Waals surface area (Å²) in [5.41, 5.74) is 6.34. The molecule has 7 heteroatoms. The summed E-state index contributed by atoms with van der Waals surface area (Å²) in [6, 6.07) is 22.3. The van der Waals surface area contributed by atoms with Gasteiger partial charge in [-0.15, -0.1) is 0 Å². The first kappa shape index (κ1) is 19.6. The van der Waals surface area contributed by atoms with Gasteiger partial charge in [0.05, 0.1) is 5.70 Å². The molecule has 158 valence electrons. The fourth-order valence-corrected chi connectivity index (χ4v) is 4.86. The van der Waals surface area contributed by atoms with Crippen molar-refractivity contribution < 1.29 is 4.74 Å². The molecule has 5 nitrogen and oxygen atoms in total. The molecule has 4 aromatic rings. The van der Waals surface area contributed by atoms with Crippen LogP contribution in [0, 0.1) is 6.92 Å². The molecule has 0 spiro atoms. The van der Waals surface area contributed by atoms with Crippen molar-refractivity contribution >= 4 is 39.2 Å². The maximum absolute atomic E-state index is 6.62. The molecular formula is C25H18BrClN4O. The second-order valence-corrected chi connectivity index (χ2v) is 9.34. The smallest absolute Gasteiger partial charge is 0.226 e. The largest absolute Gasteiger partial charge is 0.480 e. The van der Waals surface area contributed by atoms with Gasteiger partial charge < -0.3 is 10.1 Å². The molecule has 3 aromatic carbocycles. The van der Waals surface area contributed by atoms with E-state index >= 15 is 0 Å². The Bertz CT molecular complexity index is 1360. The minimum absolute atomic E-state index is 0.185. The molecule has 1 aromatic heterocycles. The number of aromatic nitrogens is 3. The lowest BCUT2D eigenvalue weighted by Gasteiger charge is -2.39. The highest BCUT2D eigenvalue weighted by Crippen LogP contribution is 2.51. The van der Waals surface area contributed by atoms with Crippen molar-refractivity contribution in [3.05, 3.63) is 110 Å². The lowest BCUT2D eigenvalue weighted by atomic mass is 9.84. The number of fused-ring (bicyclic) bond motifs is 3. The molecule has 6 rings (SSSR count). The summed E-state index contributed by atoms with van der Waals surface area (Å²) in [5, 5.41) is 8.72. The van der Waals surface area contributed by atoms with Crippen molar-refractivity contribution in [3.8, 4) is 5.75 Å². The number of nitrogens with zero attached hydrogens (tertiary/aromatic N) is 3. The maximum atomic E-state index is 6.62. The monoisotopic (exact) mass is 504 g/mol. The van der Waals surface area contributed by atoms with Gasteiger partial charge in [0, 0.05) is 20.6 Å². The molecule has 3 heterocycles. The van der Waals surface area contributed by atoms with Crippen LogP contribution < -0.4 is 10.1 Å². The van der Waals surface area contributed by atoms with Crippen molar-refractivity contribution in [2.24, 2.45) is 0 Å². The van der Waals surface area contributed by atoms with E-state index in [4.69, 9.17) is 16.3 Å². The average molecular weight is 506 g/mol. The SMILES string of the molecule is Cc1ccc([C@H]2Oc3ccc(Cl)cc3C3=C2[C@@H](c2ccc(Br)cc2)n2ncnc2N3)cc1. The van der Waals surface area contributed by atoms with Gasteiger partial charge in [0.25, 0.3) is 0 Å². The zero-order chi connectivity index (χ0) is 21.8. The zero-order valence-electron chi connectivity index (χ0n) is 17.1. The number of halogens is 2. The van der Waals surface area contributed by atoms with Gasteiger partial charge in [0.2, 0.25) is 5.95 Å². The van der Waals surface area contributed by atoms with Gasteiger partial charge in [-0.3, -0.25) is 0 Å². The Labute approximate surface area is 198 Å². The highest BCUT2D eigenvalue weighted by atomic mass is 79.9. The van der Waals surface area contributed by atoms with Gasteiger partial charge in [-0.05, 0) is 48.4 Å². The van der Waals surface area contributed by atoms with E-state index in [-0.39, 0.29) is 12.1 Å². The number of aryl methyl sites for hydroxylation is 1. The minimum Gasteiger partial charge on any atom is -0.480 e. The summed E-state index contributed by atoms with van der Waals surface area (Å²) in [6.45, 7) is 2.09. The molecule has 2 atom stereocenters. The van der Waals surface area contributed by atoms with Crippen molar-refractivity contribution in [2.75, 3.05) is 5.32 Å². The van der Waals surface area contributed by atoms with E-state index in [2.05, 4.69) is 74.7 Å². The van der Waals surface area contributed by atoms with Crippen LogP contribution in [0.2, 0.25) is 5.02 Å². The van der Waals surface area contributed by atoms with E-state index in [1.807, 2.05) is 35.0 Å². The lowest BCUT2D eigenvalue weighted by Crippen LogP contribution is -2.32. The van der Waals surface area contributed by atoms with Crippen LogP contribution in [0.1, 0.15) is 34.4 Å². The normalized spacial score (nSPS) is 18.8. The summed E-state index contributed by atoms with van der Waals surface area (Å²) >= 11 is 9.93. The van der Waals surface area contributed by atoms with E-state index in [0.29, 0.717) is 11.0 Å². The van der Waals surface area contributed by atoms with Crippen molar-refractivity contribution in [3.63, 3.8) is 0 Å². The van der Waals surface area contributed by atoms with Crippen LogP contribution in [0.4, 0.5) is 5.95 Å². The second kappa shape index (κ2) is 7.50. The summed E-state index contributed by atoms with van der Waals surface area (Å²) in [7, 11) is 0. The Morgan fingerprint density at radius 2 is 1.75 bits per heavy atom. The van der Waals surface area contributed by atoms with Gasteiger partial charge in [-0.25, -0.2) is 4.68 Å². The number of benzene rings is 3. The Balaban J connectivity index is 1.63. The third-order valence-electron chi connectivity index (χ3n) is 5.94. The number of anilines is 1. The molecule has 1 N–H and O–H groups in total. The van der Waals surface area contributed by atoms with Crippen LogP contribution in [0.5, 0.6) is 5.75 Å². The topological polar surface area (TPSA) is 52.0 Å². The van der Waals surface area contributed by atoms with Crippen molar-refractivity contribution in [1.29, 1.82) is 0 Å². The molecule has 0 unspecified atom stereocenters. The molecule has 0 saturated heterocycles. The Kier molecular flexibility index (Phi) is 4.59. The first-order valence-electron chi connectivity index (χ1n) is 10.3. The Hall–Kier alpha value is -3.09. The third-order valence-corrected chi connectivity index (χ3v) is 6.71. The van der Waals surface area contributed by atoms with E-state index in [0.717, 1.165) is 38.2 Å². The average Bonchev–Trinajstić information content (AvgIpc) is 3.27. The summed E-state index contributed by atoms with van der Waals surface area (Å²) in [4.78, 5) is 4.47. The first-order chi connectivity index (χ1) is 15.6. The molecule has 0 bridgehead atoms. The quantitative estimate of drug-likeness (QED) is 0.335.